The fraction of sp³-hybridized carbons (Fsp3) is 0.438. The summed E-state index contributed by atoms with van der Waals surface area (Å²) in [6.07, 6.45) is 1.07. The maximum absolute atomic E-state index is 9.02. The first kappa shape index (κ1) is 14.8. The summed E-state index contributed by atoms with van der Waals surface area (Å²) in [7, 11) is 2.01. The van der Waals surface area contributed by atoms with E-state index >= 15 is 0 Å². The second-order valence-corrected chi connectivity index (χ2v) is 5.08. The molecule has 0 fully saturated rings. The van der Waals surface area contributed by atoms with E-state index < -0.39 is 0 Å². The number of rotatable bonds is 7. The van der Waals surface area contributed by atoms with Gasteiger partial charge in [-0.1, -0.05) is 25.1 Å². The van der Waals surface area contributed by atoms with Crippen molar-refractivity contribution in [3.63, 3.8) is 0 Å². The fourth-order valence-corrected chi connectivity index (χ4v) is 2.22. The molecule has 0 saturated carbocycles. The number of aliphatic hydroxyl groups is 1. The smallest absolute Gasteiger partial charge is 0.131 e. The van der Waals surface area contributed by atoms with Crippen molar-refractivity contribution in [3.8, 4) is 0 Å². The summed E-state index contributed by atoms with van der Waals surface area (Å²) in [5, 5.41) is 13.6. The molecular weight excluding hydrogens is 250 g/mol. The maximum Gasteiger partial charge on any atom is 0.131 e. The zero-order chi connectivity index (χ0) is 14.4. The highest BCUT2D eigenvalue weighted by Crippen LogP contribution is 2.21. The fourth-order valence-electron chi connectivity index (χ4n) is 2.22. The van der Waals surface area contributed by atoms with Crippen LogP contribution in [0.2, 0.25) is 0 Å². The summed E-state index contributed by atoms with van der Waals surface area (Å²) in [6, 6.07) is 10.4. The Morgan fingerprint density at radius 3 is 2.85 bits per heavy atom. The summed E-state index contributed by atoms with van der Waals surface area (Å²) in [6.45, 7) is 4.69. The molecule has 2 aromatic rings. The Balaban J connectivity index is 2.32. The third-order valence-electron chi connectivity index (χ3n) is 3.27. The molecule has 0 atom stereocenters. The molecule has 1 aromatic carbocycles. The highest BCUT2D eigenvalue weighted by molar-refractivity contribution is 5.81. The van der Waals surface area contributed by atoms with E-state index in [1.807, 2.05) is 25.2 Å². The zero-order valence-electron chi connectivity index (χ0n) is 12.3. The third kappa shape index (κ3) is 3.68. The first-order valence-electron chi connectivity index (χ1n) is 7.16. The van der Waals surface area contributed by atoms with Crippen LogP contribution >= 0.6 is 0 Å². The van der Waals surface area contributed by atoms with E-state index in [-0.39, 0.29) is 6.61 Å². The SMILES string of the molecule is CCCNc1nc2ccccc2cc1CN(C)CCO. The minimum Gasteiger partial charge on any atom is -0.395 e. The van der Waals surface area contributed by atoms with E-state index in [1.165, 1.54) is 5.56 Å². The number of nitrogens with zero attached hydrogens (tertiary/aromatic N) is 2. The number of para-hydroxylation sites is 1. The molecule has 4 heteroatoms. The van der Waals surface area contributed by atoms with Crippen LogP contribution in [-0.4, -0.2) is 41.7 Å². The summed E-state index contributed by atoms with van der Waals surface area (Å²) >= 11 is 0. The van der Waals surface area contributed by atoms with Crippen molar-refractivity contribution in [2.75, 3.05) is 32.1 Å². The van der Waals surface area contributed by atoms with Crippen LogP contribution in [0.25, 0.3) is 10.9 Å². The Morgan fingerprint density at radius 2 is 2.10 bits per heavy atom. The highest BCUT2D eigenvalue weighted by atomic mass is 16.3. The van der Waals surface area contributed by atoms with E-state index in [9.17, 15) is 0 Å². The molecular formula is C16H23N3O. The lowest BCUT2D eigenvalue weighted by atomic mass is 10.1. The first-order chi connectivity index (χ1) is 9.74. The zero-order valence-corrected chi connectivity index (χ0v) is 12.3. The van der Waals surface area contributed by atoms with E-state index in [2.05, 4.69) is 29.3 Å². The van der Waals surface area contributed by atoms with Crippen molar-refractivity contribution in [3.05, 3.63) is 35.9 Å². The van der Waals surface area contributed by atoms with Gasteiger partial charge in [0.1, 0.15) is 5.82 Å². The first-order valence-corrected chi connectivity index (χ1v) is 7.16. The molecule has 0 unspecified atom stereocenters. The minimum atomic E-state index is 0.176. The second kappa shape index (κ2) is 7.22. The summed E-state index contributed by atoms with van der Waals surface area (Å²) < 4.78 is 0. The van der Waals surface area contributed by atoms with Crippen molar-refractivity contribution in [1.82, 2.24) is 9.88 Å². The van der Waals surface area contributed by atoms with Crippen molar-refractivity contribution < 1.29 is 5.11 Å². The van der Waals surface area contributed by atoms with Crippen molar-refractivity contribution in [2.45, 2.75) is 19.9 Å². The van der Waals surface area contributed by atoms with Gasteiger partial charge in [-0.3, -0.25) is 4.90 Å². The van der Waals surface area contributed by atoms with Crippen LogP contribution in [0.15, 0.2) is 30.3 Å². The number of hydrogen-bond acceptors (Lipinski definition) is 4. The number of aromatic nitrogens is 1. The lowest BCUT2D eigenvalue weighted by Crippen LogP contribution is -2.22. The van der Waals surface area contributed by atoms with Crippen LogP contribution < -0.4 is 5.32 Å². The maximum atomic E-state index is 9.02. The molecule has 1 heterocycles. The lowest BCUT2D eigenvalue weighted by molar-refractivity contribution is 0.217. The lowest BCUT2D eigenvalue weighted by Gasteiger charge is -2.18. The molecule has 2 N–H and O–H groups in total. The van der Waals surface area contributed by atoms with Gasteiger partial charge in [0, 0.05) is 30.6 Å². The van der Waals surface area contributed by atoms with Crippen LogP contribution in [0, 0.1) is 0 Å². The number of fused-ring (bicyclic) bond motifs is 1. The highest BCUT2D eigenvalue weighted by Gasteiger charge is 2.08. The Morgan fingerprint density at radius 1 is 1.30 bits per heavy atom. The molecule has 2 rings (SSSR count). The third-order valence-corrected chi connectivity index (χ3v) is 3.27. The number of hydrogen-bond donors (Lipinski definition) is 2. The summed E-state index contributed by atoms with van der Waals surface area (Å²) in [4.78, 5) is 6.83. The quantitative estimate of drug-likeness (QED) is 0.813. The predicted octanol–water partition coefficient (Wildman–Crippen LogP) is 2.48. The van der Waals surface area contributed by atoms with Crippen molar-refractivity contribution in [2.24, 2.45) is 0 Å². The van der Waals surface area contributed by atoms with Gasteiger partial charge in [0.2, 0.25) is 0 Å². The van der Waals surface area contributed by atoms with E-state index in [0.29, 0.717) is 6.54 Å². The van der Waals surface area contributed by atoms with Gasteiger partial charge in [0.15, 0.2) is 0 Å². The van der Waals surface area contributed by atoms with Gasteiger partial charge in [-0.15, -0.1) is 0 Å². The molecule has 0 spiro atoms. The predicted molar refractivity (Wildman–Crippen MR) is 83.9 cm³/mol. The van der Waals surface area contributed by atoms with Gasteiger partial charge in [-0.2, -0.15) is 0 Å². The summed E-state index contributed by atoms with van der Waals surface area (Å²) in [5.41, 5.74) is 2.19. The van der Waals surface area contributed by atoms with Crippen LogP contribution in [-0.2, 0) is 6.54 Å². The minimum absolute atomic E-state index is 0.176. The van der Waals surface area contributed by atoms with Crippen LogP contribution in [0.4, 0.5) is 5.82 Å². The Bertz CT molecular complexity index is 556. The molecule has 4 nitrogen and oxygen atoms in total. The number of pyridine rings is 1. The molecule has 0 aliphatic rings. The number of likely N-dealkylation sites (N-methyl/N-ethyl adjacent to an activating group) is 1. The average Bonchev–Trinajstić information content (AvgIpc) is 2.45. The van der Waals surface area contributed by atoms with E-state index in [1.54, 1.807) is 0 Å². The molecule has 0 aliphatic heterocycles. The molecule has 0 saturated heterocycles. The van der Waals surface area contributed by atoms with Crippen LogP contribution in [0.3, 0.4) is 0 Å². The van der Waals surface area contributed by atoms with Gasteiger partial charge in [-0.25, -0.2) is 4.98 Å². The second-order valence-electron chi connectivity index (χ2n) is 5.08. The summed E-state index contributed by atoms with van der Waals surface area (Å²) in [5.74, 6) is 0.954. The number of aliphatic hydroxyl groups excluding tert-OH is 1. The standard InChI is InChI=1S/C16H23N3O/c1-3-8-17-16-14(12-19(2)9-10-20)11-13-6-4-5-7-15(13)18-16/h4-7,11,20H,3,8-10,12H2,1-2H3,(H,17,18). The molecule has 1 aromatic heterocycles. The van der Waals surface area contributed by atoms with Gasteiger partial charge >= 0.3 is 0 Å². The topological polar surface area (TPSA) is 48.4 Å². The molecule has 0 radical (unpaired) electrons. The Kier molecular flexibility index (Phi) is 5.32. The van der Waals surface area contributed by atoms with Crippen LogP contribution in [0.1, 0.15) is 18.9 Å². The number of anilines is 1. The molecule has 20 heavy (non-hydrogen) atoms. The molecule has 108 valence electrons. The normalized spacial score (nSPS) is 11.2. The van der Waals surface area contributed by atoms with Gasteiger partial charge in [0.05, 0.1) is 12.1 Å². The Hall–Kier alpha value is -1.65. The van der Waals surface area contributed by atoms with Crippen molar-refractivity contribution >= 4 is 16.7 Å². The van der Waals surface area contributed by atoms with Gasteiger partial charge in [0.25, 0.3) is 0 Å². The monoisotopic (exact) mass is 273 g/mol. The average molecular weight is 273 g/mol. The van der Waals surface area contributed by atoms with E-state index in [4.69, 9.17) is 10.1 Å². The molecule has 0 amide bonds. The van der Waals surface area contributed by atoms with Gasteiger partial charge < -0.3 is 10.4 Å². The Labute approximate surface area is 120 Å². The molecule has 0 bridgehead atoms. The molecule has 0 aliphatic carbocycles. The van der Waals surface area contributed by atoms with Gasteiger partial charge in [-0.05, 0) is 25.6 Å². The van der Waals surface area contributed by atoms with E-state index in [0.717, 1.165) is 36.2 Å². The number of benzene rings is 1. The van der Waals surface area contributed by atoms with Crippen molar-refractivity contribution in [1.29, 1.82) is 0 Å². The largest absolute Gasteiger partial charge is 0.395 e. The number of nitrogens with one attached hydrogen (secondary N) is 1. The van der Waals surface area contributed by atoms with Crippen LogP contribution in [0.5, 0.6) is 0 Å².